The highest BCUT2D eigenvalue weighted by molar-refractivity contribution is 8.17. The first-order valence-electron chi connectivity index (χ1n) is 7.07. The summed E-state index contributed by atoms with van der Waals surface area (Å²) in [6, 6.07) is 7.20. The number of hydrogen-bond acceptors (Lipinski definition) is 4. The highest BCUT2D eigenvalue weighted by atomic mass is 32.2. The van der Waals surface area contributed by atoms with E-state index in [9.17, 15) is 4.39 Å². The standard InChI is InChI=1S/C16H15FN2S2/c1-9(2)15-14(19-6-5-18-16(19)21-15)13-7-10-3-4-11(17)8-12(10)20-13/h3-4,7-9H,5-6H2,1-2H3. The van der Waals surface area contributed by atoms with Gasteiger partial charge in [0.25, 0.3) is 0 Å². The van der Waals surface area contributed by atoms with Crippen molar-refractivity contribution in [3.05, 3.63) is 39.9 Å². The molecule has 2 aliphatic heterocycles. The molecule has 0 amide bonds. The Morgan fingerprint density at radius 1 is 1.29 bits per heavy atom. The van der Waals surface area contributed by atoms with Crippen molar-refractivity contribution in [3.8, 4) is 0 Å². The second-order valence-electron chi connectivity index (χ2n) is 5.58. The Balaban J connectivity index is 1.88. The Hall–Kier alpha value is -1.33. The lowest BCUT2D eigenvalue weighted by atomic mass is 10.1. The Labute approximate surface area is 131 Å². The molecule has 2 nitrogen and oxygen atoms in total. The Kier molecular flexibility index (Phi) is 3.08. The number of thioether (sulfide) groups is 1. The molecule has 0 spiro atoms. The fraction of sp³-hybridized carbons (Fsp3) is 0.312. The zero-order valence-electron chi connectivity index (χ0n) is 11.9. The van der Waals surface area contributed by atoms with Crippen LogP contribution in [0.4, 0.5) is 4.39 Å². The SMILES string of the molecule is CC(C)C1=C(c2cc3ccc(F)cc3s2)N2CCN=C2S1. The van der Waals surface area contributed by atoms with E-state index in [1.165, 1.54) is 21.5 Å². The minimum Gasteiger partial charge on any atom is -0.317 e. The van der Waals surface area contributed by atoms with Crippen LogP contribution < -0.4 is 0 Å². The monoisotopic (exact) mass is 318 g/mol. The predicted octanol–water partition coefficient (Wildman–Crippen LogP) is 4.78. The number of amidine groups is 1. The molecule has 0 fully saturated rings. The maximum atomic E-state index is 13.4. The average molecular weight is 318 g/mol. The maximum Gasteiger partial charge on any atom is 0.168 e. The van der Waals surface area contributed by atoms with E-state index >= 15 is 0 Å². The van der Waals surface area contributed by atoms with Gasteiger partial charge >= 0.3 is 0 Å². The van der Waals surface area contributed by atoms with Gasteiger partial charge in [0.05, 0.1) is 17.1 Å². The van der Waals surface area contributed by atoms with E-state index in [-0.39, 0.29) is 5.82 Å². The average Bonchev–Trinajstić information content (AvgIpc) is 3.09. The van der Waals surface area contributed by atoms with Crippen molar-refractivity contribution in [2.75, 3.05) is 13.1 Å². The van der Waals surface area contributed by atoms with Crippen molar-refractivity contribution in [3.63, 3.8) is 0 Å². The molecule has 1 aromatic carbocycles. The van der Waals surface area contributed by atoms with Crippen molar-refractivity contribution in [2.45, 2.75) is 13.8 Å². The third-order valence-electron chi connectivity index (χ3n) is 3.75. The zero-order chi connectivity index (χ0) is 14.6. The van der Waals surface area contributed by atoms with Gasteiger partial charge in [0, 0.05) is 16.1 Å². The van der Waals surface area contributed by atoms with Gasteiger partial charge in [-0.2, -0.15) is 0 Å². The van der Waals surface area contributed by atoms with E-state index < -0.39 is 0 Å². The molecule has 0 saturated heterocycles. The fourth-order valence-electron chi connectivity index (χ4n) is 2.77. The van der Waals surface area contributed by atoms with Gasteiger partial charge in [0.15, 0.2) is 5.17 Å². The highest BCUT2D eigenvalue weighted by Gasteiger charge is 2.34. The third-order valence-corrected chi connectivity index (χ3v) is 6.27. The molecule has 0 bridgehead atoms. The first kappa shape index (κ1) is 13.3. The number of thiophene rings is 1. The van der Waals surface area contributed by atoms with E-state index in [0.717, 1.165) is 28.3 Å². The van der Waals surface area contributed by atoms with Crippen LogP contribution in [0.1, 0.15) is 18.7 Å². The van der Waals surface area contributed by atoms with Crippen molar-refractivity contribution in [1.29, 1.82) is 0 Å². The summed E-state index contributed by atoms with van der Waals surface area (Å²) < 4.78 is 14.4. The number of halogens is 1. The van der Waals surface area contributed by atoms with Crippen LogP contribution in [0.3, 0.4) is 0 Å². The first-order chi connectivity index (χ1) is 10.1. The van der Waals surface area contributed by atoms with Crippen molar-refractivity contribution >= 4 is 44.0 Å². The van der Waals surface area contributed by atoms with Crippen LogP contribution in [0, 0.1) is 11.7 Å². The summed E-state index contributed by atoms with van der Waals surface area (Å²) in [5, 5.41) is 2.24. The summed E-state index contributed by atoms with van der Waals surface area (Å²) in [7, 11) is 0. The molecule has 1 aromatic heterocycles. The Morgan fingerprint density at radius 2 is 2.14 bits per heavy atom. The van der Waals surface area contributed by atoms with Gasteiger partial charge in [-0.05, 0) is 29.5 Å². The van der Waals surface area contributed by atoms with Gasteiger partial charge in [-0.15, -0.1) is 11.3 Å². The molecule has 0 N–H and O–H groups in total. The molecule has 4 rings (SSSR count). The van der Waals surface area contributed by atoms with Gasteiger partial charge in [-0.3, -0.25) is 4.99 Å². The molecule has 0 radical (unpaired) electrons. The molecular weight excluding hydrogens is 303 g/mol. The molecule has 5 heteroatoms. The van der Waals surface area contributed by atoms with Crippen LogP contribution in [0.25, 0.3) is 15.8 Å². The smallest absolute Gasteiger partial charge is 0.168 e. The van der Waals surface area contributed by atoms with Gasteiger partial charge in [0.1, 0.15) is 5.82 Å². The summed E-state index contributed by atoms with van der Waals surface area (Å²) in [5.41, 5.74) is 1.29. The number of benzene rings is 1. The van der Waals surface area contributed by atoms with Crippen LogP contribution in [0.5, 0.6) is 0 Å². The van der Waals surface area contributed by atoms with E-state index in [2.05, 4.69) is 29.8 Å². The number of nitrogens with zero attached hydrogens (tertiary/aromatic N) is 2. The molecule has 3 heterocycles. The van der Waals surface area contributed by atoms with Gasteiger partial charge in [0.2, 0.25) is 0 Å². The summed E-state index contributed by atoms with van der Waals surface area (Å²) in [6.07, 6.45) is 0. The van der Waals surface area contributed by atoms with Crippen LogP contribution in [0.15, 0.2) is 34.2 Å². The lowest BCUT2D eigenvalue weighted by Gasteiger charge is -2.16. The lowest BCUT2D eigenvalue weighted by molar-refractivity contribution is 0.630. The third kappa shape index (κ3) is 2.10. The Morgan fingerprint density at radius 3 is 2.95 bits per heavy atom. The van der Waals surface area contributed by atoms with E-state index in [1.54, 1.807) is 29.2 Å². The van der Waals surface area contributed by atoms with Gasteiger partial charge in [-0.25, -0.2) is 4.39 Å². The van der Waals surface area contributed by atoms with Gasteiger partial charge < -0.3 is 4.90 Å². The first-order valence-corrected chi connectivity index (χ1v) is 8.70. The number of fused-ring (bicyclic) bond motifs is 2. The maximum absolute atomic E-state index is 13.4. The van der Waals surface area contributed by atoms with Crippen molar-refractivity contribution in [1.82, 2.24) is 4.90 Å². The summed E-state index contributed by atoms with van der Waals surface area (Å²) in [4.78, 5) is 9.50. The normalized spacial score (nSPS) is 18.1. The highest BCUT2D eigenvalue weighted by Crippen LogP contribution is 2.47. The van der Waals surface area contributed by atoms with Crippen LogP contribution in [-0.4, -0.2) is 23.2 Å². The van der Waals surface area contributed by atoms with Crippen molar-refractivity contribution in [2.24, 2.45) is 10.9 Å². The minimum atomic E-state index is -0.168. The van der Waals surface area contributed by atoms with Crippen LogP contribution in [-0.2, 0) is 0 Å². The van der Waals surface area contributed by atoms with Crippen molar-refractivity contribution < 1.29 is 4.39 Å². The second-order valence-corrected chi connectivity index (χ2v) is 7.67. The summed E-state index contributed by atoms with van der Waals surface area (Å²) >= 11 is 3.46. The fourth-order valence-corrected chi connectivity index (χ4v) is 5.19. The number of hydrogen-bond donors (Lipinski definition) is 0. The predicted molar refractivity (Wildman–Crippen MR) is 90.1 cm³/mol. The topological polar surface area (TPSA) is 15.6 Å². The molecule has 0 unspecified atom stereocenters. The van der Waals surface area contributed by atoms with E-state index in [1.807, 2.05) is 6.07 Å². The number of rotatable bonds is 2. The second kappa shape index (κ2) is 4.85. The molecule has 0 saturated carbocycles. The van der Waals surface area contributed by atoms with Crippen LogP contribution >= 0.6 is 23.1 Å². The number of allylic oxidation sites excluding steroid dienone is 1. The number of aliphatic imine (C=N–C) groups is 1. The quantitative estimate of drug-likeness (QED) is 0.791. The zero-order valence-corrected chi connectivity index (χ0v) is 13.5. The lowest BCUT2D eigenvalue weighted by Crippen LogP contribution is -2.19. The molecule has 108 valence electrons. The molecule has 0 atom stereocenters. The van der Waals surface area contributed by atoms with Crippen LogP contribution in [0.2, 0.25) is 0 Å². The molecule has 21 heavy (non-hydrogen) atoms. The summed E-state index contributed by atoms with van der Waals surface area (Å²) in [5.74, 6) is 0.304. The summed E-state index contributed by atoms with van der Waals surface area (Å²) in [6.45, 7) is 6.27. The van der Waals surface area contributed by atoms with E-state index in [4.69, 9.17) is 0 Å². The van der Waals surface area contributed by atoms with E-state index in [0.29, 0.717) is 5.92 Å². The molecule has 2 aliphatic rings. The Bertz CT molecular complexity index is 789. The molecular formula is C16H15FN2S2. The molecule has 2 aromatic rings. The minimum absolute atomic E-state index is 0.168. The largest absolute Gasteiger partial charge is 0.317 e. The van der Waals surface area contributed by atoms with Gasteiger partial charge in [-0.1, -0.05) is 31.7 Å². The molecule has 0 aliphatic carbocycles.